The minimum absolute atomic E-state index is 0.0135. The number of thiazole rings is 1. The second-order valence-corrected chi connectivity index (χ2v) is 9.10. The van der Waals surface area contributed by atoms with Gasteiger partial charge in [-0.1, -0.05) is 34.6 Å². The number of hydrogen-bond acceptors (Lipinski definition) is 4. The summed E-state index contributed by atoms with van der Waals surface area (Å²) in [6, 6.07) is 0. The average molecular weight is 366 g/mol. The van der Waals surface area contributed by atoms with Crippen LogP contribution >= 0.6 is 11.3 Å². The third-order valence-electron chi connectivity index (χ3n) is 4.47. The Labute approximate surface area is 155 Å². The molecular formula is C19H31N3O2S. The SMILES string of the molecule is CC(C)C(=O)NCCc1csc([C@@H]2CCCN(C(=O)C(C)(C)C)C2)n1. The van der Waals surface area contributed by atoms with Crippen LogP contribution in [-0.4, -0.2) is 41.3 Å². The van der Waals surface area contributed by atoms with E-state index in [0.717, 1.165) is 43.1 Å². The van der Waals surface area contributed by atoms with E-state index in [-0.39, 0.29) is 23.1 Å². The molecule has 0 unspecified atom stereocenters. The van der Waals surface area contributed by atoms with Gasteiger partial charge in [0.15, 0.2) is 0 Å². The van der Waals surface area contributed by atoms with Gasteiger partial charge in [0.05, 0.1) is 10.7 Å². The molecule has 2 heterocycles. The van der Waals surface area contributed by atoms with Crippen molar-refractivity contribution in [1.82, 2.24) is 15.2 Å². The topological polar surface area (TPSA) is 62.3 Å². The standard InChI is InChI=1S/C19H31N3O2S/c1-13(2)16(23)20-9-8-15-12-25-17(21-15)14-7-6-10-22(11-14)18(24)19(3,4)5/h12-14H,6-11H2,1-5H3,(H,20,23)/t14-/m1/s1. The molecular weight excluding hydrogens is 334 g/mol. The Balaban J connectivity index is 1.90. The summed E-state index contributed by atoms with van der Waals surface area (Å²) in [4.78, 5) is 30.9. The number of carbonyl (C=O) groups excluding carboxylic acids is 2. The highest BCUT2D eigenvalue weighted by molar-refractivity contribution is 7.09. The number of amides is 2. The van der Waals surface area contributed by atoms with E-state index in [1.54, 1.807) is 11.3 Å². The van der Waals surface area contributed by atoms with Crippen LogP contribution in [0.25, 0.3) is 0 Å². The summed E-state index contributed by atoms with van der Waals surface area (Å²) in [6.45, 7) is 12.0. The lowest BCUT2D eigenvalue weighted by Gasteiger charge is -2.35. The highest BCUT2D eigenvalue weighted by Gasteiger charge is 2.32. The van der Waals surface area contributed by atoms with Gasteiger partial charge in [0, 0.05) is 48.7 Å². The minimum atomic E-state index is -0.329. The zero-order valence-electron chi connectivity index (χ0n) is 16.1. The quantitative estimate of drug-likeness (QED) is 0.871. The Hall–Kier alpha value is -1.43. The van der Waals surface area contributed by atoms with E-state index < -0.39 is 0 Å². The molecule has 1 N–H and O–H groups in total. The molecule has 0 bridgehead atoms. The van der Waals surface area contributed by atoms with Crippen LogP contribution in [-0.2, 0) is 16.0 Å². The maximum Gasteiger partial charge on any atom is 0.227 e. The number of carbonyl (C=O) groups is 2. The van der Waals surface area contributed by atoms with Gasteiger partial charge in [-0.05, 0) is 12.8 Å². The summed E-state index contributed by atoms with van der Waals surface area (Å²) in [5.41, 5.74) is 0.702. The van der Waals surface area contributed by atoms with Crippen LogP contribution in [0.4, 0.5) is 0 Å². The third kappa shape index (κ3) is 5.53. The van der Waals surface area contributed by atoms with Crippen molar-refractivity contribution >= 4 is 23.2 Å². The Morgan fingerprint density at radius 2 is 2.12 bits per heavy atom. The molecule has 1 atom stereocenters. The number of nitrogens with one attached hydrogen (secondary N) is 1. The molecule has 6 heteroatoms. The molecule has 0 radical (unpaired) electrons. The van der Waals surface area contributed by atoms with Gasteiger partial charge in [0.2, 0.25) is 11.8 Å². The number of aromatic nitrogens is 1. The molecule has 1 saturated heterocycles. The van der Waals surface area contributed by atoms with Crippen LogP contribution in [0.1, 0.15) is 64.1 Å². The summed E-state index contributed by atoms with van der Waals surface area (Å²) in [5.74, 6) is 0.660. The van der Waals surface area contributed by atoms with Crippen LogP contribution in [0, 0.1) is 11.3 Å². The summed E-state index contributed by atoms with van der Waals surface area (Å²) in [5, 5.41) is 6.14. The first-order valence-electron chi connectivity index (χ1n) is 9.20. The molecule has 1 aromatic rings. The van der Waals surface area contributed by atoms with E-state index in [0.29, 0.717) is 12.5 Å². The van der Waals surface area contributed by atoms with Crippen molar-refractivity contribution in [3.05, 3.63) is 16.1 Å². The summed E-state index contributed by atoms with van der Waals surface area (Å²) < 4.78 is 0. The highest BCUT2D eigenvalue weighted by Crippen LogP contribution is 2.31. The summed E-state index contributed by atoms with van der Waals surface area (Å²) in [6.07, 6.45) is 2.88. The fourth-order valence-electron chi connectivity index (χ4n) is 2.98. The van der Waals surface area contributed by atoms with E-state index in [1.165, 1.54) is 0 Å². The van der Waals surface area contributed by atoms with Gasteiger partial charge in [-0.25, -0.2) is 4.98 Å². The Kier molecular flexibility index (Phi) is 6.60. The van der Waals surface area contributed by atoms with Gasteiger partial charge in [-0.2, -0.15) is 0 Å². The number of hydrogen-bond donors (Lipinski definition) is 1. The largest absolute Gasteiger partial charge is 0.355 e. The smallest absolute Gasteiger partial charge is 0.227 e. The van der Waals surface area contributed by atoms with Crippen molar-refractivity contribution in [3.8, 4) is 0 Å². The molecule has 1 aliphatic rings. The van der Waals surface area contributed by atoms with Gasteiger partial charge in [-0.15, -0.1) is 11.3 Å². The molecule has 0 aliphatic carbocycles. The first-order valence-corrected chi connectivity index (χ1v) is 10.1. The predicted molar refractivity (Wildman–Crippen MR) is 102 cm³/mol. The van der Waals surface area contributed by atoms with Crippen molar-refractivity contribution in [2.75, 3.05) is 19.6 Å². The van der Waals surface area contributed by atoms with Crippen LogP contribution < -0.4 is 5.32 Å². The fourth-order valence-corrected chi connectivity index (χ4v) is 3.96. The molecule has 1 aliphatic heterocycles. The van der Waals surface area contributed by atoms with E-state index in [4.69, 9.17) is 4.98 Å². The number of piperidine rings is 1. The summed E-state index contributed by atoms with van der Waals surface area (Å²) in [7, 11) is 0. The highest BCUT2D eigenvalue weighted by atomic mass is 32.1. The average Bonchev–Trinajstić information content (AvgIpc) is 3.02. The normalized spacial score (nSPS) is 18.5. The maximum absolute atomic E-state index is 12.5. The van der Waals surface area contributed by atoms with Crippen molar-refractivity contribution in [2.45, 2.75) is 59.8 Å². The van der Waals surface area contributed by atoms with Gasteiger partial charge < -0.3 is 10.2 Å². The first-order chi connectivity index (χ1) is 11.7. The Morgan fingerprint density at radius 1 is 1.40 bits per heavy atom. The van der Waals surface area contributed by atoms with Gasteiger partial charge in [0.1, 0.15) is 0 Å². The van der Waals surface area contributed by atoms with Crippen LogP contribution in [0.2, 0.25) is 0 Å². The zero-order valence-corrected chi connectivity index (χ0v) is 16.9. The fraction of sp³-hybridized carbons (Fsp3) is 0.737. The monoisotopic (exact) mass is 365 g/mol. The van der Waals surface area contributed by atoms with Crippen molar-refractivity contribution in [1.29, 1.82) is 0 Å². The number of nitrogens with zero attached hydrogens (tertiary/aromatic N) is 2. The van der Waals surface area contributed by atoms with Gasteiger partial charge in [0.25, 0.3) is 0 Å². The van der Waals surface area contributed by atoms with Gasteiger partial charge in [-0.3, -0.25) is 9.59 Å². The second kappa shape index (κ2) is 8.30. The van der Waals surface area contributed by atoms with Crippen LogP contribution in [0.5, 0.6) is 0 Å². The number of likely N-dealkylation sites (tertiary alicyclic amines) is 1. The number of rotatable bonds is 5. The van der Waals surface area contributed by atoms with E-state index in [1.807, 2.05) is 39.5 Å². The zero-order chi connectivity index (χ0) is 18.6. The molecule has 140 valence electrons. The van der Waals surface area contributed by atoms with Crippen LogP contribution in [0.15, 0.2) is 5.38 Å². The molecule has 5 nitrogen and oxygen atoms in total. The minimum Gasteiger partial charge on any atom is -0.355 e. The van der Waals surface area contributed by atoms with Crippen LogP contribution in [0.3, 0.4) is 0 Å². The molecule has 0 saturated carbocycles. The lowest BCUT2D eigenvalue weighted by atomic mass is 9.91. The second-order valence-electron chi connectivity index (χ2n) is 8.21. The van der Waals surface area contributed by atoms with E-state index in [9.17, 15) is 9.59 Å². The van der Waals surface area contributed by atoms with Crippen molar-refractivity contribution in [2.24, 2.45) is 11.3 Å². The third-order valence-corrected chi connectivity index (χ3v) is 5.53. The van der Waals surface area contributed by atoms with E-state index >= 15 is 0 Å². The lowest BCUT2D eigenvalue weighted by Crippen LogP contribution is -2.44. The molecule has 0 aromatic carbocycles. The van der Waals surface area contributed by atoms with E-state index in [2.05, 4.69) is 10.7 Å². The first kappa shape index (κ1) is 19.9. The predicted octanol–water partition coefficient (Wildman–Crippen LogP) is 3.21. The Bertz CT molecular complexity index is 604. The molecule has 1 aromatic heterocycles. The molecule has 2 amide bonds. The molecule has 0 spiro atoms. The Morgan fingerprint density at radius 3 is 2.76 bits per heavy atom. The van der Waals surface area contributed by atoms with Crippen molar-refractivity contribution in [3.63, 3.8) is 0 Å². The maximum atomic E-state index is 12.5. The van der Waals surface area contributed by atoms with Gasteiger partial charge >= 0.3 is 0 Å². The summed E-state index contributed by atoms with van der Waals surface area (Å²) >= 11 is 1.68. The molecule has 25 heavy (non-hydrogen) atoms. The van der Waals surface area contributed by atoms with Crippen molar-refractivity contribution < 1.29 is 9.59 Å². The molecule has 1 fully saturated rings. The molecule has 2 rings (SSSR count). The lowest BCUT2D eigenvalue weighted by molar-refractivity contribution is -0.140.